The van der Waals surface area contributed by atoms with Gasteiger partial charge in [0.15, 0.2) is 6.29 Å². The molecule has 0 aliphatic heterocycles. The van der Waals surface area contributed by atoms with E-state index in [2.05, 4.69) is 0 Å². The van der Waals surface area contributed by atoms with Gasteiger partial charge in [0.25, 0.3) is 0 Å². The van der Waals surface area contributed by atoms with Gasteiger partial charge in [-0.3, -0.25) is 4.79 Å². The molecule has 0 bridgehead atoms. The number of thiophene rings is 1. The van der Waals surface area contributed by atoms with Crippen LogP contribution in [0.1, 0.15) is 34.3 Å². The van der Waals surface area contributed by atoms with Crippen LogP contribution in [0.3, 0.4) is 0 Å². The van der Waals surface area contributed by atoms with Gasteiger partial charge in [0, 0.05) is 17.3 Å². The number of carbonyl (C=O) groups excluding carboxylic acids is 1. The fraction of sp³-hybridized carbons (Fsp3) is 0.571. The topological polar surface area (TPSA) is 57.6 Å². The van der Waals surface area contributed by atoms with E-state index < -0.39 is 24.4 Å². The number of aromatic carboxylic acids is 1. The highest BCUT2D eigenvalue weighted by Crippen LogP contribution is 2.21. The summed E-state index contributed by atoms with van der Waals surface area (Å²) in [7, 11) is 1.74. The molecule has 0 radical (unpaired) electrons. The molecule has 7 heteroatoms. The van der Waals surface area contributed by atoms with Crippen LogP contribution < -0.4 is 0 Å². The molecule has 1 atom stereocenters. The van der Waals surface area contributed by atoms with Crippen LogP contribution in [-0.2, 0) is 11.2 Å². The molecule has 0 saturated carbocycles. The monoisotopic (exact) mass is 319 g/mol. The zero-order chi connectivity index (χ0) is 16.0. The Balaban J connectivity index is 2.37. The van der Waals surface area contributed by atoms with Crippen molar-refractivity contribution in [2.75, 3.05) is 13.6 Å². The average molecular weight is 319 g/mol. The Kier molecular flexibility index (Phi) is 6.42. The van der Waals surface area contributed by atoms with Crippen LogP contribution in [0.25, 0.3) is 0 Å². The predicted octanol–water partition coefficient (Wildman–Crippen LogP) is 2.92. The first-order valence-corrected chi connectivity index (χ1v) is 7.43. The van der Waals surface area contributed by atoms with E-state index in [1.54, 1.807) is 31.0 Å². The fourth-order valence-corrected chi connectivity index (χ4v) is 2.84. The molecule has 0 amide bonds. The van der Waals surface area contributed by atoms with Crippen molar-refractivity contribution in [2.24, 2.45) is 0 Å². The number of rotatable bonds is 9. The molecule has 0 spiro atoms. The van der Waals surface area contributed by atoms with Gasteiger partial charge >= 0.3 is 11.9 Å². The van der Waals surface area contributed by atoms with Crippen molar-refractivity contribution in [3.63, 3.8) is 0 Å². The zero-order valence-electron chi connectivity index (χ0n) is 12.0. The first-order chi connectivity index (χ1) is 9.75. The van der Waals surface area contributed by atoms with E-state index in [0.717, 1.165) is 11.3 Å². The quantitative estimate of drug-likeness (QED) is 0.711. The molecule has 0 aliphatic rings. The van der Waals surface area contributed by atoms with E-state index in [-0.39, 0.29) is 6.29 Å². The highest BCUT2D eigenvalue weighted by atomic mass is 32.1. The number of halogens is 2. The summed E-state index contributed by atoms with van der Waals surface area (Å²) in [5.41, 5.74) is 0. The van der Waals surface area contributed by atoms with Crippen LogP contribution in [0.4, 0.5) is 8.78 Å². The van der Waals surface area contributed by atoms with Crippen LogP contribution in [0.2, 0.25) is 0 Å². The summed E-state index contributed by atoms with van der Waals surface area (Å²) in [6, 6.07) is 2.94. The van der Waals surface area contributed by atoms with Crippen molar-refractivity contribution in [3.05, 3.63) is 21.9 Å². The van der Waals surface area contributed by atoms with Crippen LogP contribution in [0, 0.1) is 0 Å². The summed E-state index contributed by atoms with van der Waals surface area (Å²) in [6.45, 7) is 2.27. The Morgan fingerprint density at radius 3 is 2.71 bits per heavy atom. The summed E-state index contributed by atoms with van der Waals surface area (Å²) in [5, 5.41) is 8.82. The largest absolute Gasteiger partial charge is 0.477 e. The first-order valence-electron chi connectivity index (χ1n) is 6.61. The number of hydrogen-bond donors (Lipinski definition) is 1. The smallest absolute Gasteiger partial charge is 0.345 e. The molecular formula is C14H19F2NO3S. The summed E-state index contributed by atoms with van der Waals surface area (Å²) in [5.74, 6) is -4.22. The number of carbonyl (C=O) groups is 2. The van der Waals surface area contributed by atoms with E-state index in [4.69, 9.17) is 5.11 Å². The molecule has 0 aliphatic carbocycles. The summed E-state index contributed by atoms with van der Waals surface area (Å²) in [6.07, 6.45) is 0.651. The highest BCUT2D eigenvalue weighted by molar-refractivity contribution is 7.13. The third-order valence-electron chi connectivity index (χ3n) is 3.30. The maximum absolute atomic E-state index is 13.0. The molecule has 0 saturated heterocycles. The Labute approximate surface area is 126 Å². The molecule has 1 rings (SSSR count). The second-order valence-electron chi connectivity index (χ2n) is 5.09. The minimum Gasteiger partial charge on any atom is -0.477 e. The average Bonchev–Trinajstić information content (AvgIpc) is 2.87. The molecule has 0 fully saturated rings. The van der Waals surface area contributed by atoms with E-state index >= 15 is 0 Å². The minimum atomic E-state index is -3.28. The molecule has 118 valence electrons. The van der Waals surface area contributed by atoms with Crippen molar-refractivity contribution in [3.8, 4) is 0 Å². The number of carboxylic acids is 1. The van der Waals surface area contributed by atoms with Gasteiger partial charge < -0.3 is 10.0 Å². The normalized spacial score (nSPS) is 13.4. The number of aldehydes is 1. The van der Waals surface area contributed by atoms with Crippen LogP contribution in [-0.4, -0.2) is 47.8 Å². The molecule has 1 aromatic heterocycles. The Morgan fingerprint density at radius 2 is 2.19 bits per heavy atom. The standard InChI is InChI=1S/C14H19F2NO3S/c1-10(8-14(15,16)9-18)17(2)7-3-4-11-5-6-12(21-11)13(19)20/h5-6,9-10H,3-4,7-8H2,1-2H3,(H,19,20). The van der Waals surface area contributed by atoms with Gasteiger partial charge in [-0.1, -0.05) is 0 Å². The minimum absolute atomic E-state index is 0.303. The van der Waals surface area contributed by atoms with Crippen molar-refractivity contribution in [1.29, 1.82) is 0 Å². The van der Waals surface area contributed by atoms with E-state index in [1.807, 2.05) is 0 Å². The second kappa shape index (κ2) is 7.61. The number of hydrogen-bond acceptors (Lipinski definition) is 4. The van der Waals surface area contributed by atoms with Crippen LogP contribution >= 0.6 is 11.3 Å². The third-order valence-corrected chi connectivity index (χ3v) is 4.43. The number of carboxylic acid groups (broad SMARTS) is 1. The lowest BCUT2D eigenvalue weighted by Crippen LogP contribution is -2.36. The van der Waals surface area contributed by atoms with Gasteiger partial charge in [-0.25, -0.2) is 4.79 Å². The van der Waals surface area contributed by atoms with Crippen molar-refractivity contribution in [1.82, 2.24) is 4.90 Å². The lowest BCUT2D eigenvalue weighted by atomic mass is 10.1. The summed E-state index contributed by atoms with van der Waals surface area (Å²) in [4.78, 5) is 24.0. The second-order valence-corrected chi connectivity index (χ2v) is 6.26. The zero-order valence-corrected chi connectivity index (χ0v) is 12.8. The Hall–Kier alpha value is -1.34. The highest BCUT2D eigenvalue weighted by Gasteiger charge is 2.31. The van der Waals surface area contributed by atoms with Gasteiger partial charge in [0.1, 0.15) is 4.88 Å². The number of alkyl halides is 2. The third kappa shape index (κ3) is 5.89. The molecular weight excluding hydrogens is 300 g/mol. The van der Waals surface area contributed by atoms with Crippen molar-refractivity contribution >= 4 is 23.6 Å². The number of nitrogens with zero attached hydrogens (tertiary/aromatic N) is 1. The molecule has 1 N–H and O–H groups in total. The maximum Gasteiger partial charge on any atom is 0.345 e. The van der Waals surface area contributed by atoms with Crippen LogP contribution in [0.5, 0.6) is 0 Å². The van der Waals surface area contributed by atoms with Crippen molar-refractivity contribution < 1.29 is 23.5 Å². The van der Waals surface area contributed by atoms with Gasteiger partial charge in [-0.05, 0) is 45.5 Å². The first kappa shape index (κ1) is 17.7. The Bertz CT molecular complexity index is 490. The predicted molar refractivity (Wildman–Crippen MR) is 77.3 cm³/mol. The van der Waals surface area contributed by atoms with Crippen LogP contribution in [0.15, 0.2) is 12.1 Å². The van der Waals surface area contributed by atoms with Crippen molar-refractivity contribution in [2.45, 2.75) is 38.2 Å². The van der Waals surface area contributed by atoms with E-state index in [0.29, 0.717) is 17.8 Å². The number of aryl methyl sites for hydroxylation is 1. The van der Waals surface area contributed by atoms with Gasteiger partial charge in [0.05, 0.1) is 0 Å². The summed E-state index contributed by atoms with van der Waals surface area (Å²) < 4.78 is 26.0. The van der Waals surface area contributed by atoms with Gasteiger partial charge in [-0.15, -0.1) is 11.3 Å². The summed E-state index contributed by atoms with van der Waals surface area (Å²) >= 11 is 1.23. The molecule has 0 aromatic carbocycles. The molecule has 21 heavy (non-hydrogen) atoms. The fourth-order valence-electron chi connectivity index (χ4n) is 1.95. The lowest BCUT2D eigenvalue weighted by molar-refractivity contribution is -0.131. The molecule has 1 heterocycles. The SMILES string of the molecule is CC(CC(F)(F)C=O)N(C)CCCc1ccc(C(=O)O)s1. The molecule has 1 unspecified atom stereocenters. The van der Waals surface area contributed by atoms with E-state index in [9.17, 15) is 18.4 Å². The van der Waals surface area contributed by atoms with Gasteiger partial charge in [0.2, 0.25) is 0 Å². The molecule has 1 aromatic rings. The molecule has 4 nitrogen and oxygen atoms in total. The lowest BCUT2D eigenvalue weighted by Gasteiger charge is -2.26. The van der Waals surface area contributed by atoms with Gasteiger partial charge in [-0.2, -0.15) is 8.78 Å². The maximum atomic E-state index is 13.0. The Morgan fingerprint density at radius 1 is 1.52 bits per heavy atom. The van der Waals surface area contributed by atoms with E-state index in [1.165, 1.54) is 11.3 Å².